The van der Waals surface area contributed by atoms with Crippen molar-refractivity contribution in [1.29, 1.82) is 0 Å². The minimum Gasteiger partial charge on any atom is -0.493 e. The molecule has 0 spiro atoms. The number of nitrogens with two attached hydrogens (primary N) is 1. The maximum Gasteiger partial charge on any atom is 0.162 e. The standard InChI is InChI=1S/C12H20N2O3/c1-12(2,15)7-14-9-6-11(17-4)10(16-3)5-8(9)13/h5-6,14-15H,7,13H2,1-4H3. The first-order valence-corrected chi connectivity index (χ1v) is 5.35. The summed E-state index contributed by atoms with van der Waals surface area (Å²) in [5.41, 5.74) is 6.33. The number of hydrogen-bond donors (Lipinski definition) is 3. The summed E-state index contributed by atoms with van der Waals surface area (Å²) in [6.45, 7) is 3.83. The smallest absolute Gasteiger partial charge is 0.162 e. The average molecular weight is 240 g/mol. The van der Waals surface area contributed by atoms with Gasteiger partial charge in [0.2, 0.25) is 0 Å². The van der Waals surface area contributed by atoms with Gasteiger partial charge in [0.25, 0.3) is 0 Å². The molecule has 4 N–H and O–H groups in total. The highest BCUT2D eigenvalue weighted by atomic mass is 16.5. The highest BCUT2D eigenvalue weighted by Gasteiger charge is 2.14. The van der Waals surface area contributed by atoms with Crippen molar-refractivity contribution in [3.05, 3.63) is 12.1 Å². The topological polar surface area (TPSA) is 76.7 Å². The molecule has 0 amide bonds. The second-order valence-corrected chi connectivity index (χ2v) is 4.46. The molecule has 1 rings (SSSR count). The molecular formula is C12H20N2O3. The molecule has 0 fully saturated rings. The van der Waals surface area contributed by atoms with Gasteiger partial charge in [0.1, 0.15) is 0 Å². The van der Waals surface area contributed by atoms with Crippen LogP contribution in [0.15, 0.2) is 12.1 Å². The quantitative estimate of drug-likeness (QED) is 0.679. The Labute approximate surface area is 102 Å². The van der Waals surface area contributed by atoms with E-state index in [1.165, 1.54) is 0 Å². The molecule has 0 aliphatic heterocycles. The van der Waals surface area contributed by atoms with Gasteiger partial charge >= 0.3 is 0 Å². The SMILES string of the molecule is COc1cc(N)c(NCC(C)(C)O)cc1OC. The second kappa shape index (κ2) is 5.14. The Hall–Kier alpha value is -1.62. The molecule has 1 aromatic rings. The maximum atomic E-state index is 9.64. The van der Waals surface area contributed by atoms with Crippen LogP contribution in [0.1, 0.15) is 13.8 Å². The number of nitrogen functional groups attached to an aromatic ring is 1. The molecule has 1 aromatic carbocycles. The van der Waals surface area contributed by atoms with Gasteiger partial charge in [-0.15, -0.1) is 0 Å². The van der Waals surface area contributed by atoms with E-state index in [4.69, 9.17) is 15.2 Å². The van der Waals surface area contributed by atoms with Crippen LogP contribution in [0.2, 0.25) is 0 Å². The van der Waals surface area contributed by atoms with E-state index in [-0.39, 0.29) is 0 Å². The van der Waals surface area contributed by atoms with Gasteiger partial charge in [0, 0.05) is 18.7 Å². The van der Waals surface area contributed by atoms with E-state index in [1.807, 2.05) is 0 Å². The highest BCUT2D eigenvalue weighted by molar-refractivity contribution is 5.72. The zero-order valence-corrected chi connectivity index (χ0v) is 10.7. The third kappa shape index (κ3) is 3.71. The van der Waals surface area contributed by atoms with Crippen LogP contribution in [0.3, 0.4) is 0 Å². The summed E-state index contributed by atoms with van der Waals surface area (Å²) >= 11 is 0. The van der Waals surface area contributed by atoms with Crippen LogP contribution in [0.5, 0.6) is 11.5 Å². The Balaban J connectivity index is 2.93. The fraction of sp³-hybridized carbons (Fsp3) is 0.500. The largest absolute Gasteiger partial charge is 0.493 e. The predicted octanol–water partition coefficient (Wildman–Crippen LogP) is 1.47. The lowest BCUT2D eigenvalue weighted by atomic mass is 10.1. The van der Waals surface area contributed by atoms with Crippen molar-refractivity contribution in [2.24, 2.45) is 0 Å². The van der Waals surface area contributed by atoms with Crippen molar-refractivity contribution in [3.8, 4) is 11.5 Å². The van der Waals surface area contributed by atoms with Gasteiger partial charge in [-0.2, -0.15) is 0 Å². The van der Waals surface area contributed by atoms with Crippen LogP contribution in [0, 0.1) is 0 Å². The minimum atomic E-state index is -0.806. The Kier molecular flexibility index (Phi) is 4.07. The zero-order valence-electron chi connectivity index (χ0n) is 10.7. The molecule has 5 nitrogen and oxygen atoms in total. The van der Waals surface area contributed by atoms with Gasteiger partial charge in [0.15, 0.2) is 11.5 Å². The summed E-state index contributed by atoms with van der Waals surface area (Å²) in [6.07, 6.45) is 0. The Morgan fingerprint density at radius 3 is 2.24 bits per heavy atom. The summed E-state index contributed by atoms with van der Waals surface area (Å²) in [5, 5.41) is 12.7. The van der Waals surface area contributed by atoms with E-state index < -0.39 is 5.60 Å². The maximum absolute atomic E-state index is 9.64. The third-order valence-corrected chi connectivity index (χ3v) is 2.27. The first-order valence-electron chi connectivity index (χ1n) is 5.35. The molecule has 0 atom stereocenters. The number of hydrogen-bond acceptors (Lipinski definition) is 5. The molecule has 5 heteroatoms. The highest BCUT2D eigenvalue weighted by Crippen LogP contribution is 2.34. The van der Waals surface area contributed by atoms with E-state index in [0.717, 1.165) is 0 Å². The van der Waals surface area contributed by atoms with Gasteiger partial charge in [-0.25, -0.2) is 0 Å². The summed E-state index contributed by atoms with van der Waals surface area (Å²) in [4.78, 5) is 0. The van der Waals surface area contributed by atoms with E-state index in [9.17, 15) is 5.11 Å². The summed E-state index contributed by atoms with van der Waals surface area (Å²) in [7, 11) is 3.12. The fourth-order valence-corrected chi connectivity index (χ4v) is 1.36. The van der Waals surface area contributed by atoms with Crippen molar-refractivity contribution in [2.75, 3.05) is 31.8 Å². The van der Waals surface area contributed by atoms with E-state index in [0.29, 0.717) is 29.4 Å². The van der Waals surface area contributed by atoms with Crippen LogP contribution in [0.4, 0.5) is 11.4 Å². The zero-order chi connectivity index (χ0) is 13.1. The molecule has 0 saturated carbocycles. The lowest BCUT2D eigenvalue weighted by Crippen LogP contribution is -2.29. The lowest BCUT2D eigenvalue weighted by molar-refractivity contribution is 0.0945. The van der Waals surface area contributed by atoms with E-state index in [1.54, 1.807) is 40.2 Å². The van der Waals surface area contributed by atoms with Crippen LogP contribution < -0.4 is 20.5 Å². The molecule has 0 unspecified atom stereocenters. The number of benzene rings is 1. The van der Waals surface area contributed by atoms with Crippen LogP contribution in [0.25, 0.3) is 0 Å². The van der Waals surface area contributed by atoms with Crippen LogP contribution in [-0.2, 0) is 0 Å². The molecule has 0 saturated heterocycles. The van der Waals surface area contributed by atoms with E-state index >= 15 is 0 Å². The van der Waals surface area contributed by atoms with Gasteiger partial charge in [0.05, 0.1) is 31.2 Å². The molecule has 0 aliphatic rings. The number of anilines is 2. The normalized spacial score (nSPS) is 11.1. The molecule has 0 aliphatic carbocycles. The number of aliphatic hydroxyl groups is 1. The molecule has 0 radical (unpaired) electrons. The number of methoxy groups -OCH3 is 2. The predicted molar refractivity (Wildman–Crippen MR) is 68.7 cm³/mol. The molecular weight excluding hydrogens is 220 g/mol. The molecule has 96 valence electrons. The van der Waals surface area contributed by atoms with Crippen molar-refractivity contribution in [1.82, 2.24) is 0 Å². The van der Waals surface area contributed by atoms with Gasteiger partial charge in [-0.05, 0) is 13.8 Å². The first kappa shape index (κ1) is 13.4. The lowest BCUT2D eigenvalue weighted by Gasteiger charge is -2.20. The first-order chi connectivity index (χ1) is 7.87. The van der Waals surface area contributed by atoms with Crippen molar-refractivity contribution in [3.63, 3.8) is 0 Å². The Bertz CT molecular complexity index is 386. The Morgan fingerprint density at radius 1 is 1.24 bits per heavy atom. The fourth-order valence-electron chi connectivity index (χ4n) is 1.36. The summed E-state index contributed by atoms with van der Waals surface area (Å²) < 4.78 is 10.3. The molecule has 0 heterocycles. The molecule has 0 aromatic heterocycles. The van der Waals surface area contributed by atoms with E-state index in [2.05, 4.69) is 5.32 Å². The van der Waals surface area contributed by atoms with Crippen molar-refractivity contribution >= 4 is 11.4 Å². The van der Waals surface area contributed by atoms with Gasteiger partial charge in [-0.3, -0.25) is 0 Å². The summed E-state index contributed by atoms with van der Waals surface area (Å²) in [5.74, 6) is 1.18. The number of rotatable bonds is 5. The molecule has 0 bridgehead atoms. The second-order valence-electron chi connectivity index (χ2n) is 4.46. The monoisotopic (exact) mass is 240 g/mol. The van der Waals surface area contributed by atoms with Crippen molar-refractivity contribution < 1.29 is 14.6 Å². The Morgan fingerprint density at radius 2 is 1.76 bits per heavy atom. The number of nitrogens with one attached hydrogen (secondary N) is 1. The number of ether oxygens (including phenoxy) is 2. The van der Waals surface area contributed by atoms with Crippen LogP contribution >= 0.6 is 0 Å². The van der Waals surface area contributed by atoms with Crippen molar-refractivity contribution in [2.45, 2.75) is 19.4 Å². The minimum absolute atomic E-state index is 0.396. The van der Waals surface area contributed by atoms with Gasteiger partial charge in [-0.1, -0.05) is 0 Å². The third-order valence-electron chi connectivity index (χ3n) is 2.27. The summed E-state index contributed by atoms with van der Waals surface area (Å²) in [6, 6.07) is 3.44. The average Bonchev–Trinajstić information content (AvgIpc) is 2.25. The van der Waals surface area contributed by atoms with Crippen LogP contribution in [-0.4, -0.2) is 31.5 Å². The van der Waals surface area contributed by atoms with Gasteiger partial charge < -0.3 is 25.6 Å². The molecule has 17 heavy (non-hydrogen) atoms.